The molecule has 1 fully saturated rings. The minimum atomic E-state index is -2.00. The van der Waals surface area contributed by atoms with E-state index in [1.807, 2.05) is 6.92 Å². The molecule has 0 aliphatic carbocycles. The van der Waals surface area contributed by atoms with Crippen LogP contribution < -0.4 is 5.69 Å². The van der Waals surface area contributed by atoms with Crippen molar-refractivity contribution in [2.45, 2.75) is 70.6 Å². The van der Waals surface area contributed by atoms with Gasteiger partial charge < -0.3 is 9.16 Å². The highest BCUT2D eigenvalue weighted by atomic mass is 28.4. The van der Waals surface area contributed by atoms with Gasteiger partial charge in [-0.3, -0.25) is 4.57 Å². The van der Waals surface area contributed by atoms with Crippen molar-refractivity contribution in [3.05, 3.63) is 45.3 Å². The van der Waals surface area contributed by atoms with Gasteiger partial charge in [0, 0.05) is 23.1 Å². The monoisotopic (exact) mass is 432 g/mol. The topological polar surface area (TPSA) is 133 Å². The Labute approximate surface area is 175 Å². The molecule has 0 bridgehead atoms. The number of aryl methyl sites for hydroxylation is 1. The van der Waals surface area contributed by atoms with E-state index >= 15 is 0 Å². The molecule has 0 aromatic carbocycles. The van der Waals surface area contributed by atoms with Crippen LogP contribution in [0.5, 0.6) is 0 Å². The van der Waals surface area contributed by atoms with Crippen molar-refractivity contribution in [3.63, 3.8) is 0 Å². The summed E-state index contributed by atoms with van der Waals surface area (Å²) in [5.41, 5.74) is 9.24. The molecule has 1 aliphatic rings. The number of ether oxygens (including phenoxy) is 1. The molecule has 0 spiro atoms. The van der Waals surface area contributed by atoms with Crippen LogP contribution in [0.15, 0.2) is 28.8 Å². The van der Waals surface area contributed by atoms with Gasteiger partial charge in [0.15, 0.2) is 14.1 Å². The summed E-state index contributed by atoms with van der Waals surface area (Å²) in [5.74, 6) is 0.413. The van der Waals surface area contributed by atoms with Crippen molar-refractivity contribution in [2.75, 3.05) is 6.61 Å². The Morgan fingerprint density at radius 3 is 2.77 bits per heavy atom. The standard InChI is InChI=1S/C18H28N8O3Si/c1-12-8-25(17(27)22-16(12)26-11-20-10-21-26)15-7-13(23-24-19)14(29-15)9-28-30(5,6)18(2,3)4/h8,10-11,13-15H,7,9H2,1-6H3/t13-,14-,15-/m1/s1. The molecule has 0 unspecified atom stereocenters. The van der Waals surface area contributed by atoms with E-state index in [1.54, 1.807) is 6.20 Å². The number of rotatable bonds is 6. The van der Waals surface area contributed by atoms with Crippen molar-refractivity contribution in [2.24, 2.45) is 5.11 Å². The molecule has 2 aromatic rings. The third kappa shape index (κ3) is 4.46. The zero-order chi connectivity index (χ0) is 22.1. The first kappa shape index (κ1) is 22.2. The highest BCUT2D eigenvalue weighted by molar-refractivity contribution is 6.74. The van der Waals surface area contributed by atoms with Gasteiger partial charge in [0.1, 0.15) is 18.9 Å². The summed E-state index contributed by atoms with van der Waals surface area (Å²) in [6, 6.07) is -0.424. The molecule has 3 heterocycles. The van der Waals surface area contributed by atoms with Crippen LogP contribution in [-0.4, -0.2) is 51.4 Å². The molecule has 0 radical (unpaired) electrons. The minimum absolute atomic E-state index is 0.0498. The summed E-state index contributed by atoms with van der Waals surface area (Å²) in [4.78, 5) is 23.7. The van der Waals surface area contributed by atoms with Gasteiger partial charge >= 0.3 is 5.69 Å². The van der Waals surface area contributed by atoms with Crippen molar-refractivity contribution < 1.29 is 9.16 Å². The maximum absolute atomic E-state index is 12.7. The number of azide groups is 1. The van der Waals surface area contributed by atoms with E-state index in [0.717, 1.165) is 5.56 Å². The lowest BCUT2D eigenvalue weighted by Crippen LogP contribution is -2.43. The van der Waals surface area contributed by atoms with Crippen LogP contribution in [0, 0.1) is 6.92 Å². The van der Waals surface area contributed by atoms with Gasteiger partial charge in [-0.1, -0.05) is 25.9 Å². The fraction of sp³-hybridized carbons (Fsp3) is 0.667. The van der Waals surface area contributed by atoms with Gasteiger partial charge in [0.25, 0.3) is 0 Å². The molecule has 0 amide bonds. The van der Waals surface area contributed by atoms with E-state index < -0.39 is 32.4 Å². The Bertz CT molecular complexity index is 992. The third-order valence-corrected chi connectivity index (χ3v) is 10.4. The van der Waals surface area contributed by atoms with E-state index in [1.165, 1.54) is 21.9 Å². The van der Waals surface area contributed by atoms with Crippen LogP contribution in [0.3, 0.4) is 0 Å². The lowest BCUT2D eigenvalue weighted by atomic mass is 10.1. The second kappa shape index (κ2) is 8.30. The highest BCUT2D eigenvalue weighted by Gasteiger charge is 2.41. The fourth-order valence-corrected chi connectivity index (χ4v) is 4.06. The summed E-state index contributed by atoms with van der Waals surface area (Å²) in [6.45, 7) is 12.9. The van der Waals surface area contributed by atoms with Crippen LogP contribution >= 0.6 is 0 Å². The Morgan fingerprint density at radius 1 is 1.43 bits per heavy atom. The van der Waals surface area contributed by atoms with Crippen molar-refractivity contribution in [1.29, 1.82) is 0 Å². The summed E-state index contributed by atoms with van der Waals surface area (Å²) in [5, 5.41) is 7.96. The number of hydrogen-bond acceptors (Lipinski definition) is 7. The molecule has 3 rings (SSSR count). The lowest BCUT2D eigenvalue weighted by Gasteiger charge is -2.37. The molecule has 0 saturated carbocycles. The smallest absolute Gasteiger partial charge is 0.351 e. The third-order valence-electron chi connectivity index (χ3n) is 5.87. The molecular formula is C18H28N8O3Si. The first-order valence-corrected chi connectivity index (χ1v) is 12.7. The average molecular weight is 433 g/mol. The molecular weight excluding hydrogens is 404 g/mol. The van der Waals surface area contributed by atoms with E-state index in [0.29, 0.717) is 18.8 Å². The fourth-order valence-electron chi connectivity index (χ4n) is 3.04. The first-order valence-electron chi connectivity index (χ1n) is 9.82. The number of hydrogen-bond donors (Lipinski definition) is 0. The summed E-state index contributed by atoms with van der Waals surface area (Å²) in [6.07, 6.45) is 3.90. The van der Waals surface area contributed by atoms with Gasteiger partial charge in [-0.2, -0.15) is 10.1 Å². The van der Waals surface area contributed by atoms with Crippen molar-refractivity contribution in [1.82, 2.24) is 24.3 Å². The Balaban J connectivity index is 1.82. The highest BCUT2D eigenvalue weighted by Crippen LogP contribution is 2.38. The van der Waals surface area contributed by atoms with Gasteiger partial charge in [0.2, 0.25) is 0 Å². The SMILES string of the molecule is Cc1cn([C@H]2C[C@@H](N=[N+]=[N-])[C@@H](CO[Si](C)(C)C(C)(C)C)O2)c(=O)nc1-n1cncn1. The van der Waals surface area contributed by atoms with Gasteiger partial charge in [0.05, 0.1) is 18.8 Å². The molecule has 2 aromatic heterocycles. The number of nitrogens with zero attached hydrogens (tertiary/aromatic N) is 8. The van der Waals surface area contributed by atoms with Crippen LogP contribution in [-0.2, 0) is 9.16 Å². The molecule has 12 heteroatoms. The second-order valence-corrected chi connectivity index (χ2v) is 13.8. The average Bonchev–Trinajstić information content (AvgIpc) is 3.31. The molecule has 1 saturated heterocycles. The van der Waals surface area contributed by atoms with E-state index in [2.05, 4.69) is 59.0 Å². The Hall–Kier alpha value is -2.53. The van der Waals surface area contributed by atoms with Gasteiger partial charge in [-0.05, 0) is 30.6 Å². The maximum atomic E-state index is 12.7. The summed E-state index contributed by atoms with van der Waals surface area (Å²) in [7, 11) is -2.00. The zero-order valence-corrected chi connectivity index (χ0v) is 19.2. The minimum Gasteiger partial charge on any atom is -0.414 e. The maximum Gasteiger partial charge on any atom is 0.351 e. The normalized spacial score (nSPS) is 22.1. The Kier molecular flexibility index (Phi) is 6.13. The predicted molar refractivity (Wildman–Crippen MR) is 113 cm³/mol. The second-order valence-electron chi connectivity index (χ2n) is 8.99. The van der Waals surface area contributed by atoms with Crippen molar-refractivity contribution in [3.8, 4) is 5.82 Å². The summed E-state index contributed by atoms with van der Waals surface area (Å²) < 4.78 is 15.2. The first-order chi connectivity index (χ1) is 14.0. The molecule has 11 nitrogen and oxygen atoms in total. The Morgan fingerprint density at radius 2 is 2.17 bits per heavy atom. The van der Waals surface area contributed by atoms with Gasteiger partial charge in [-0.15, -0.1) is 0 Å². The van der Waals surface area contributed by atoms with E-state index in [4.69, 9.17) is 14.7 Å². The van der Waals surface area contributed by atoms with E-state index in [9.17, 15) is 4.79 Å². The molecule has 162 valence electrons. The predicted octanol–water partition coefficient (Wildman–Crippen LogP) is 3.12. The number of aromatic nitrogens is 5. The van der Waals surface area contributed by atoms with Crippen LogP contribution in [0.4, 0.5) is 0 Å². The molecule has 0 N–H and O–H groups in total. The van der Waals surface area contributed by atoms with E-state index in [-0.39, 0.29) is 5.04 Å². The molecule has 3 atom stereocenters. The largest absolute Gasteiger partial charge is 0.414 e. The van der Waals surface area contributed by atoms with Gasteiger partial charge in [-0.25, -0.2) is 14.5 Å². The van der Waals surface area contributed by atoms with Crippen molar-refractivity contribution >= 4 is 8.32 Å². The summed E-state index contributed by atoms with van der Waals surface area (Å²) >= 11 is 0. The quantitative estimate of drug-likeness (QED) is 0.298. The lowest BCUT2D eigenvalue weighted by molar-refractivity contribution is -0.0246. The van der Waals surface area contributed by atoms with Crippen LogP contribution in [0.25, 0.3) is 16.3 Å². The zero-order valence-electron chi connectivity index (χ0n) is 18.2. The van der Waals surface area contributed by atoms with Crippen LogP contribution in [0.1, 0.15) is 39.0 Å². The van der Waals surface area contributed by atoms with Crippen LogP contribution in [0.2, 0.25) is 18.1 Å². The molecule has 1 aliphatic heterocycles. The molecule has 30 heavy (non-hydrogen) atoms.